The number of benzene rings is 1. The first kappa shape index (κ1) is 15.3. The molecule has 0 aliphatic heterocycles. The minimum atomic E-state index is -0.720. The van der Waals surface area contributed by atoms with Gasteiger partial charge in [-0.2, -0.15) is 0 Å². The van der Waals surface area contributed by atoms with Crippen LogP contribution in [0.1, 0.15) is 27.7 Å². The molecule has 0 radical (unpaired) electrons. The van der Waals surface area contributed by atoms with Gasteiger partial charge in [0.15, 0.2) is 0 Å². The van der Waals surface area contributed by atoms with E-state index in [1.807, 2.05) is 13.8 Å². The number of amides is 1. The molecule has 0 saturated carbocycles. The van der Waals surface area contributed by atoms with Crippen LogP contribution in [-0.2, 0) is 4.79 Å². The van der Waals surface area contributed by atoms with Crippen LogP contribution < -0.4 is 11.1 Å². The predicted octanol–water partition coefficient (Wildman–Crippen LogP) is 3.70. The maximum atomic E-state index is 12.2. The van der Waals surface area contributed by atoms with Crippen LogP contribution >= 0.6 is 23.2 Å². The van der Waals surface area contributed by atoms with Crippen molar-refractivity contribution in [1.82, 2.24) is 0 Å². The highest BCUT2D eigenvalue weighted by Gasteiger charge is 2.40. The van der Waals surface area contributed by atoms with Crippen LogP contribution in [-0.4, -0.2) is 11.4 Å². The summed E-state index contributed by atoms with van der Waals surface area (Å²) >= 11 is 11.8. The van der Waals surface area contributed by atoms with Gasteiger partial charge in [-0.15, -0.1) is 0 Å². The predicted molar refractivity (Wildman–Crippen MR) is 77.1 cm³/mol. The van der Waals surface area contributed by atoms with E-state index in [-0.39, 0.29) is 5.91 Å². The van der Waals surface area contributed by atoms with Crippen LogP contribution in [0.15, 0.2) is 18.2 Å². The van der Waals surface area contributed by atoms with E-state index >= 15 is 0 Å². The zero-order valence-corrected chi connectivity index (χ0v) is 12.5. The summed E-state index contributed by atoms with van der Waals surface area (Å²) in [5, 5.41) is 3.73. The molecule has 0 spiro atoms. The zero-order valence-electron chi connectivity index (χ0n) is 11.0. The first-order valence-corrected chi connectivity index (χ1v) is 6.36. The molecule has 5 heteroatoms. The van der Waals surface area contributed by atoms with Crippen molar-refractivity contribution >= 4 is 34.8 Å². The number of nitrogens with two attached hydrogens (primary N) is 1. The van der Waals surface area contributed by atoms with E-state index < -0.39 is 11.0 Å². The molecule has 1 aromatic rings. The number of nitrogens with one attached hydrogen (secondary N) is 1. The summed E-state index contributed by atoms with van der Waals surface area (Å²) in [4.78, 5) is 12.2. The summed E-state index contributed by atoms with van der Waals surface area (Å²) in [6.45, 7) is 7.23. The molecule has 0 aliphatic carbocycles. The maximum Gasteiger partial charge on any atom is 0.231 e. The topological polar surface area (TPSA) is 55.1 Å². The van der Waals surface area contributed by atoms with Crippen molar-refractivity contribution in [2.75, 3.05) is 5.32 Å². The highest BCUT2D eigenvalue weighted by Crippen LogP contribution is 2.31. The number of hydrogen-bond acceptors (Lipinski definition) is 2. The lowest BCUT2D eigenvalue weighted by Crippen LogP contribution is -2.53. The van der Waals surface area contributed by atoms with Crippen LogP contribution in [0, 0.1) is 5.41 Å². The van der Waals surface area contributed by atoms with E-state index in [1.165, 1.54) is 0 Å². The molecular weight excluding hydrogens is 271 g/mol. The molecular formula is C13H18Cl2N2O. The molecule has 0 fully saturated rings. The number of rotatable bonds is 3. The van der Waals surface area contributed by atoms with E-state index in [0.29, 0.717) is 15.7 Å². The Morgan fingerprint density at radius 1 is 1.11 bits per heavy atom. The van der Waals surface area contributed by atoms with Crippen LogP contribution in [0.2, 0.25) is 10.0 Å². The molecule has 3 N–H and O–H groups in total. The van der Waals surface area contributed by atoms with Crippen LogP contribution in [0.25, 0.3) is 0 Å². The SMILES string of the molecule is CC(C)(N)C(C)(C)C(=O)Nc1cc(Cl)cc(Cl)c1. The highest BCUT2D eigenvalue weighted by atomic mass is 35.5. The van der Waals surface area contributed by atoms with Crippen molar-refractivity contribution in [1.29, 1.82) is 0 Å². The molecule has 3 nitrogen and oxygen atoms in total. The van der Waals surface area contributed by atoms with E-state index in [9.17, 15) is 4.79 Å². The van der Waals surface area contributed by atoms with Gasteiger partial charge in [0.05, 0.1) is 5.41 Å². The molecule has 0 bridgehead atoms. The molecule has 0 unspecified atom stereocenters. The summed E-state index contributed by atoms with van der Waals surface area (Å²) < 4.78 is 0. The standard InChI is InChI=1S/C13H18Cl2N2O/c1-12(2,13(3,4)16)11(18)17-10-6-8(14)5-9(15)7-10/h5-7H,16H2,1-4H3,(H,17,18). The minimum absolute atomic E-state index is 0.173. The molecule has 100 valence electrons. The average molecular weight is 289 g/mol. The Balaban J connectivity index is 2.95. The van der Waals surface area contributed by atoms with Gasteiger partial charge < -0.3 is 11.1 Å². The second-order valence-electron chi connectivity index (χ2n) is 5.46. The zero-order chi connectivity index (χ0) is 14.1. The van der Waals surface area contributed by atoms with Gasteiger partial charge in [-0.1, -0.05) is 23.2 Å². The smallest absolute Gasteiger partial charge is 0.231 e. The summed E-state index contributed by atoms with van der Waals surface area (Å²) in [7, 11) is 0. The van der Waals surface area contributed by atoms with E-state index in [4.69, 9.17) is 28.9 Å². The summed E-state index contributed by atoms with van der Waals surface area (Å²) in [6.07, 6.45) is 0. The number of anilines is 1. The number of hydrogen-bond donors (Lipinski definition) is 2. The third-order valence-electron chi connectivity index (χ3n) is 3.30. The molecule has 0 aliphatic rings. The van der Waals surface area contributed by atoms with Gasteiger partial charge in [-0.25, -0.2) is 0 Å². The molecule has 0 heterocycles. The van der Waals surface area contributed by atoms with Gasteiger partial charge in [0.2, 0.25) is 5.91 Å². The van der Waals surface area contributed by atoms with E-state index in [0.717, 1.165) is 0 Å². The van der Waals surface area contributed by atoms with Gasteiger partial charge in [-0.3, -0.25) is 4.79 Å². The summed E-state index contributed by atoms with van der Waals surface area (Å²) in [5.41, 5.74) is 5.22. The van der Waals surface area contributed by atoms with Crippen LogP contribution in [0.5, 0.6) is 0 Å². The monoisotopic (exact) mass is 288 g/mol. The quantitative estimate of drug-likeness (QED) is 0.891. The Bertz CT molecular complexity index is 444. The fourth-order valence-corrected chi connectivity index (χ4v) is 1.73. The molecule has 0 saturated heterocycles. The lowest BCUT2D eigenvalue weighted by atomic mass is 9.74. The highest BCUT2D eigenvalue weighted by molar-refractivity contribution is 6.35. The fourth-order valence-electron chi connectivity index (χ4n) is 1.21. The van der Waals surface area contributed by atoms with Gasteiger partial charge >= 0.3 is 0 Å². The molecule has 1 rings (SSSR count). The summed E-state index contributed by atoms with van der Waals surface area (Å²) in [5.74, 6) is -0.173. The third-order valence-corrected chi connectivity index (χ3v) is 3.74. The van der Waals surface area contributed by atoms with Crippen molar-refractivity contribution in [3.63, 3.8) is 0 Å². The maximum absolute atomic E-state index is 12.2. The second kappa shape index (κ2) is 5.08. The van der Waals surface area contributed by atoms with Gasteiger partial charge in [-0.05, 0) is 45.9 Å². The Hall–Kier alpha value is -0.770. The second-order valence-corrected chi connectivity index (χ2v) is 6.33. The van der Waals surface area contributed by atoms with Crippen molar-refractivity contribution in [2.45, 2.75) is 33.2 Å². The molecule has 0 aromatic heterocycles. The number of carbonyl (C=O) groups is 1. The minimum Gasteiger partial charge on any atom is -0.325 e. The average Bonchev–Trinajstić information content (AvgIpc) is 2.13. The number of carbonyl (C=O) groups excluding carboxylic acids is 1. The van der Waals surface area contributed by atoms with E-state index in [2.05, 4.69) is 5.32 Å². The van der Waals surface area contributed by atoms with Gasteiger partial charge in [0.25, 0.3) is 0 Å². The number of halogens is 2. The molecule has 1 aromatic carbocycles. The first-order chi connectivity index (χ1) is 8.04. The van der Waals surface area contributed by atoms with Crippen LogP contribution in [0.3, 0.4) is 0 Å². The Kier molecular flexibility index (Phi) is 4.31. The van der Waals surface area contributed by atoms with Crippen molar-refractivity contribution in [3.8, 4) is 0 Å². The first-order valence-electron chi connectivity index (χ1n) is 5.60. The van der Waals surface area contributed by atoms with Gasteiger partial charge in [0.1, 0.15) is 0 Å². The van der Waals surface area contributed by atoms with Crippen LogP contribution in [0.4, 0.5) is 5.69 Å². The Morgan fingerprint density at radius 3 is 1.94 bits per heavy atom. The van der Waals surface area contributed by atoms with Crippen molar-refractivity contribution in [2.24, 2.45) is 11.1 Å². The molecule has 0 atom stereocenters. The largest absolute Gasteiger partial charge is 0.325 e. The van der Waals surface area contributed by atoms with Gasteiger partial charge in [0, 0.05) is 21.3 Å². The Morgan fingerprint density at radius 2 is 1.56 bits per heavy atom. The third kappa shape index (κ3) is 3.37. The lowest BCUT2D eigenvalue weighted by Gasteiger charge is -2.36. The lowest BCUT2D eigenvalue weighted by molar-refractivity contribution is -0.126. The van der Waals surface area contributed by atoms with Crippen molar-refractivity contribution < 1.29 is 4.79 Å². The molecule has 1 amide bonds. The summed E-state index contributed by atoms with van der Waals surface area (Å²) in [6, 6.07) is 4.90. The molecule has 18 heavy (non-hydrogen) atoms. The van der Waals surface area contributed by atoms with E-state index in [1.54, 1.807) is 32.0 Å². The van der Waals surface area contributed by atoms with Crippen molar-refractivity contribution in [3.05, 3.63) is 28.2 Å². The Labute approximate surface area is 118 Å². The normalized spacial score (nSPS) is 12.4. The fraction of sp³-hybridized carbons (Fsp3) is 0.462.